The van der Waals surface area contributed by atoms with Crippen LogP contribution < -0.4 is 0 Å². The molecule has 0 N–H and O–H groups in total. The standard InChI is InChI=1S/C8H5N3O2S/c12-11(13)7-4-2-1-3-6(7)8-9-5-10-14-8/h1-5H. The van der Waals surface area contributed by atoms with Gasteiger partial charge in [0, 0.05) is 6.07 Å². The average Bonchev–Trinajstić information content (AvgIpc) is 2.70. The molecule has 2 rings (SSSR count). The van der Waals surface area contributed by atoms with Gasteiger partial charge < -0.3 is 0 Å². The molecule has 70 valence electrons. The van der Waals surface area contributed by atoms with Crippen LogP contribution in [0, 0.1) is 10.1 Å². The van der Waals surface area contributed by atoms with Gasteiger partial charge in [-0.25, -0.2) is 4.98 Å². The summed E-state index contributed by atoms with van der Waals surface area (Å²) in [5, 5.41) is 11.2. The highest BCUT2D eigenvalue weighted by Gasteiger charge is 2.15. The zero-order chi connectivity index (χ0) is 9.97. The molecule has 0 unspecified atom stereocenters. The summed E-state index contributed by atoms with van der Waals surface area (Å²) in [5.41, 5.74) is 0.573. The SMILES string of the molecule is O=[N+]([O-])c1ccccc1-c1ncns1. The van der Waals surface area contributed by atoms with Crippen molar-refractivity contribution >= 4 is 17.2 Å². The second-order valence-corrected chi connectivity index (χ2v) is 3.30. The van der Waals surface area contributed by atoms with E-state index in [-0.39, 0.29) is 5.69 Å². The van der Waals surface area contributed by atoms with Crippen LogP contribution in [-0.2, 0) is 0 Å². The molecule has 2 aromatic rings. The highest BCUT2D eigenvalue weighted by molar-refractivity contribution is 7.09. The quantitative estimate of drug-likeness (QED) is 0.558. The third-order valence-electron chi connectivity index (χ3n) is 1.69. The third kappa shape index (κ3) is 1.47. The molecule has 1 heterocycles. The van der Waals surface area contributed by atoms with Crippen LogP contribution in [0.4, 0.5) is 5.69 Å². The predicted molar refractivity (Wildman–Crippen MR) is 52.0 cm³/mol. The van der Waals surface area contributed by atoms with Crippen LogP contribution in [0.25, 0.3) is 10.6 Å². The Bertz CT molecular complexity index is 455. The first-order valence-electron chi connectivity index (χ1n) is 3.79. The molecule has 0 atom stereocenters. The molecule has 0 amide bonds. The highest BCUT2D eigenvalue weighted by Crippen LogP contribution is 2.29. The first-order chi connectivity index (χ1) is 6.79. The zero-order valence-electron chi connectivity index (χ0n) is 6.95. The van der Waals surface area contributed by atoms with Gasteiger partial charge in [-0.15, -0.1) is 0 Å². The van der Waals surface area contributed by atoms with Gasteiger partial charge in [0.15, 0.2) is 5.01 Å². The molecule has 0 spiro atoms. The molecule has 0 aliphatic heterocycles. The maximum atomic E-state index is 10.7. The number of nitro benzene ring substituents is 1. The van der Waals surface area contributed by atoms with Gasteiger partial charge in [0.1, 0.15) is 6.33 Å². The minimum atomic E-state index is -0.420. The number of hydrogen-bond acceptors (Lipinski definition) is 5. The summed E-state index contributed by atoms with van der Waals surface area (Å²) in [7, 11) is 0. The Kier molecular flexibility index (Phi) is 2.19. The lowest BCUT2D eigenvalue weighted by molar-refractivity contribution is -0.384. The van der Waals surface area contributed by atoms with Crippen molar-refractivity contribution in [3.05, 3.63) is 40.7 Å². The van der Waals surface area contributed by atoms with E-state index in [0.29, 0.717) is 10.6 Å². The normalized spacial score (nSPS) is 10.0. The van der Waals surface area contributed by atoms with Gasteiger partial charge in [-0.2, -0.15) is 4.37 Å². The van der Waals surface area contributed by atoms with Crippen molar-refractivity contribution < 1.29 is 4.92 Å². The molecule has 0 saturated carbocycles. The molecule has 0 bridgehead atoms. The third-order valence-corrected chi connectivity index (χ3v) is 2.39. The Labute approximate surface area is 83.4 Å². The van der Waals surface area contributed by atoms with Crippen LogP contribution in [0.2, 0.25) is 0 Å². The van der Waals surface area contributed by atoms with Gasteiger partial charge in [-0.3, -0.25) is 10.1 Å². The monoisotopic (exact) mass is 207 g/mol. The van der Waals surface area contributed by atoms with E-state index >= 15 is 0 Å². The van der Waals surface area contributed by atoms with Crippen molar-refractivity contribution in [3.8, 4) is 10.6 Å². The van der Waals surface area contributed by atoms with Crippen LogP contribution in [0.15, 0.2) is 30.6 Å². The second-order valence-electron chi connectivity index (χ2n) is 2.52. The number of aromatic nitrogens is 2. The fourth-order valence-electron chi connectivity index (χ4n) is 1.11. The summed E-state index contributed by atoms with van der Waals surface area (Å²) in [6.45, 7) is 0. The van der Waals surface area contributed by atoms with Crippen LogP contribution >= 0.6 is 11.5 Å². The molecule has 1 aromatic carbocycles. The lowest BCUT2D eigenvalue weighted by Gasteiger charge is -1.96. The van der Waals surface area contributed by atoms with Crippen LogP contribution in [0.1, 0.15) is 0 Å². The number of benzene rings is 1. The van der Waals surface area contributed by atoms with Crippen LogP contribution in [0.3, 0.4) is 0 Å². The first kappa shape index (κ1) is 8.76. The molecule has 0 aliphatic rings. The minimum Gasteiger partial charge on any atom is -0.258 e. The number of para-hydroxylation sites is 1. The Morgan fingerprint density at radius 2 is 2.14 bits per heavy atom. The predicted octanol–water partition coefficient (Wildman–Crippen LogP) is 2.11. The number of rotatable bonds is 2. The minimum absolute atomic E-state index is 0.0595. The molecule has 6 heteroatoms. The van der Waals surface area contributed by atoms with Crippen LogP contribution in [0.5, 0.6) is 0 Å². The van der Waals surface area contributed by atoms with E-state index in [0.717, 1.165) is 11.5 Å². The largest absolute Gasteiger partial charge is 0.279 e. The van der Waals surface area contributed by atoms with E-state index in [4.69, 9.17) is 0 Å². The van der Waals surface area contributed by atoms with E-state index in [1.165, 1.54) is 12.4 Å². The molecule has 14 heavy (non-hydrogen) atoms. The van der Waals surface area contributed by atoms with Crippen molar-refractivity contribution in [1.82, 2.24) is 9.36 Å². The summed E-state index contributed by atoms with van der Waals surface area (Å²) in [6, 6.07) is 6.49. The van der Waals surface area contributed by atoms with Crippen molar-refractivity contribution in [2.24, 2.45) is 0 Å². The number of nitrogens with zero attached hydrogens (tertiary/aromatic N) is 3. The average molecular weight is 207 g/mol. The smallest absolute Gasteiger partial charge is 0.258 e. The molecule has 0 saturated heterocycles. The molecular weight excluding hydrogens is 202 g/mol. The van der Waals surface area contributed by atoms with E-state index in [1.807, 2.05) is 0 Å². The Morgan fingerprint density at radius 1 is 1.36 bits per heavy atom. The molecule has 0 radical (unpaired) electrons. The molecule has 0 fully saturated rings. The summed E-state index contributed by atoms with van der Waals surface area (Å²) < 4.78 is 3.81. The van der Waals surface area contributed by atoms with Gasteiger partial charge in [0.25, 0.3) is 5.69 Å². The summed E-state index contributed by atoms with van der Waals surface area (Å²) in [5.74, 6) is 0. The molecule has 5 nitrogen and oxygen atoms in total. The number of hydrogen-bond donors (Lipinski definition) is 0. The Balaban J connectivity index is 2.58. The van der Waals surface area contributed by atoms with Gasteiger partial charge in [0.2, 0.25) is 0 Å². The Hall–Kier alpha value is -1.82. The summed E-state index contributed by atoms with van der Waals surface area (Å²) in [4.78, 5) is 14.2. The van der Waals surface area contributed by atoms with E-state index in [9.17, 15) is 10.1 Å². The second kappa shape index (κ2) is 3.51. The van der Waals surface area contributed by atoms with Crippen molar-refractivity contribution in [2.75, 3.05) is 0 Å². The fourth-order valence-corrected chi connectivity index (χ4v) is 1.66. The van der Waals surface area contributed by atoms with Gasteiger partial charge in [0.05, 0.1) is 10.5 Å². The highest BCUT2D eigenvalue weighted by atomic mass is 32.1. The maximum Gasteiger partial charge on any atom is 0.279 e. The van der Waals surface area contributed by atoms with E-state index in [2.05, 4.69) is 9.36 Å². The maximum absolute atomic E-state index is 10.7. The zero-order valence-corrected chi connectivity index (χ0v) is 7.77. The van der Waals surface area contributed by atoms with Gasteiger partial charge >= 0.3 is 0 Å². The topological polar surface area (TPSA) is 68.9 Å². The molecule has 0 aliphatic carbocycles. The van der Waals surface area contributed by atoms with E-state index in [1.54, 1.807) is 18.2 Å². The number of nitro groups is 1. The fraction of sp³-hybridized carbons (Fsp3) is 0. The van der Waals surface area contributed by atoms with Crippen molar-refractivity contribution in [2.45, 2.75) is 0 Å². The lowest BCUT2D eigenvalue weighted by Crippen LogP contribution is -1.90. The first-order valence-corrected chi connectivity index (χ1v) is 4.57. The summed E-state index contributed by atoms with van der Waals surface area (Å²) in [6.07, 6.45) is 1.39. The van der Waals surface area contributed by atoms with Crippen LogP contribution in [-0.4, -0.2) is 14.3 Å². The van der Waals surface area contributed by atoms with Gasteiger partial charge in [-0.05, 0) is 17.6 Å². The van der Waals surface area contributed by atoms with E-state index < -0.39 is 4.92 Å². The Morgan fingerprint density at radius 3 is 2.79 bits per heavy atom. The molecular formula is C8H5N3O2S. The van der Waals surface area contributed by atoms with Gasteiger partial charge in [-0.1, -0.05) is 12.1 Å². The summed E-state index contributed by atoms with van der Waals surface area (Å²) >= 11 is 1.14. The molecule has 1 aromatic heterocycles. The van der Waals surface area contributed by atoms with Crippen molar-refractivity contribution in [3.63, 3.8) is 0 Å². The lowest BCUT2D eigenvalue weighted by atomic mass is 10.2. The van der Waals surface area contributed by atoms with Crippen molar-refractivity contribution in [1.29, 1.82) is 0 Å².